The van der Waals surface area contributed by atoms with Gasteiger partial charge in [0, 0.05) is 44.8 Å². The molecule has 1 aromatic heterocycles. The van der Waals surface area contributed by atoms with Crippen molar-refractivity contribution in [2.75, 3.05) is 57.8 Å². The van der Waals surface area contributed by atoms with Crippen molar-refractivity contribution < 1.29 is 14.3 Å². The number of anilines is 1. The van der Waals surface area contributed by atoms with Gasteiger partial charge in [0.15, 0.2) is 5.82 Å². The first-order valence-electron chi connectivity index (χ1n) is 12.4. The van der Waals surface area contributed by atoms with E-state index in [-0.39, 0.29) is 18.5 Å². The molecule has 0 saturated carbocycles. The van der Waals surface area contributed by atoms with Gasteiger partial charge in [-0.3, -0.25) is 4.79 Å². The SMILES string of the molecule is CCNC(=O)N(CCC(C)C)CC(=O)N1CCCN(c2ccc(-c3ccc(OC)cc3)nn2)CC1. The number of aromatic nitrogens is 2. The Balaban J connectivity index is 1.58. The van der Waals surface area contributed by atoms with E-state index >= 15 is 0 Å². The second-order valence-electron chi connectivity index (χ2n) is 9.17. The van der Waals surface area contributed by atoms with Gasteiger partial charge in [-0.2, -0.15) is 0 Å². The number of carbonyl (C=O) groups excluding carboxylic acids is 2. The van der Waals surface area contributed by atoms with Crippen LogP contribution in [0.1, 0.15) is 33.6 Å². The molecule has 0 unspecified atom stereocenters. The van der Waals surface area contributed by atoms with E-state index < -0.39 is 0 Å². The van der Waals surface area contributed by atoms with Gasteiger partial charge < -0.3 is 24.8 Å². The van der Waals surface area contributed by atoms with Crippen molar-refractivity contribution in [1.82, 2.24) is 25.3 Å². The highest BCUT2D eigenvalue weighted by atomic mass is 16.5. The number of nitrogens with zero attached hydrogens (tertiary/aromatic N) is 5. The Morgan fingerprint density at radius 1 is 1.06 bits per heavy atom. The Morgan fingerprint density at radius 3 is 2.46 bits per heavy atom. The van der Waals surface area contributed by atoms with Gasteiger partial charge in [0.05, 0.1) is 12.8 Å². The minimum absolute atomic E-state index is 0.0113. The van der Waals surface area contributed by atoms with Crippen LogP contribution in [0.15, 0.2) is 36.4 Å². The number of methoxy groups -OCH3 is 1. The second kappa shape index (κ2) is 12.9. The average Bonchev–Trinajstić information content (AvgIpc) is 3.13. The molecule has 1 saturated heterocycles. The van der Waals surface area contributed by atoms with Crippen LogP contribution in [0.3, 0.4) is 0 Å². The lowest BCUT2D eigenvalue weighted by Gasteiger charge is -2.27. The van der Waals surface area contributed by atoms with Crippen molar-refractivity contribution in [3.05, 3.63) is 36.4 Å². The van der Waals surface area contributed by atoms with Gasteiger partial charge in [-0.15, -0.1) is 10.2 Å². The molecule has 1 aliphatic heterocycles. The summed E-state index contributed by atoms with van der Waals surface area (Å²) in [6.07, 6.45) is 1.70. The fourth-order valence-corrected chi connectivity index (χ4v) is 4.00. The number of rotatable bonds is 9. The highest BCUT2D eigenvalue weighted by Gasteiger charge is 2.24. The Labute approximate surface area is 208 Å². The predicted molar refractivity (Wildman–Crippen MR) is 138 cm³/mol. The molecule has 190 valence electrons. The van der Waals surface area contributed by atoms with Crippen molar-refractivity contribution in [2.24, 2.45) is 5.92 Å². The van der Waals surface area contributed by atoms with Crippen LogP contribution in [0, 0.1) is 5.92 Å². The Kier molecular flexibility index (Phi) is 9.69. The average molecular weight is 483 g/mol. The summed E-state index contributed by atoms with van der Waals surface area (Å²) in [6, 6.07) is 11.5. The zero-order chi connectivity index (χ0) is 25.2. The number of urea groups is 1. The van der Waals surface area contributed by atoms with E-state index in [9.17, 15) is 9.59 Å². The van der Waals surface area contributed by atoms with Crippen LogP contribution in [0.25, 0.3) is 11.3 Å². The summed E-state index contributed by atoms with van der Waals surface area (Å²) >= 11 is 0. The minimum atomic E-state index is -0.176. The van der Waals surface area contributed by atoms with Crippen LogP contribution in [0.2, 0.25) is 0 Å². The Hall–Kier alpha value is -3.36. The highest BCUT2D eigenvalue weighted by molar-refractivity contribution is 5.84. The standard InChI is InChI=1S/C26H38N6O3/c1-5-27-26(34)32(16-13-20(2)3)19-25(33)31-15-6-14-30(17-18-31)24-12-11-23(28-29-24)21-7-9-22(35-4)10-8-21/h7-12,20H,5-6,13-19H2,1-4H3,(H,27,34). The molecule has 2 aromatic rings. The quantitative estimate of drug-likeness (QED) is 0.590. The zero-order valence-electron chi connectivity index (χ0n) is 21.4. The van der Waals surface area contributed by atoms with Crippen LogP contribution >= 0.6 is 0 Å². The summed E-state index contributed by atoms with van der Waals surface area (Å²) in [5.41, 5.74) is 1.78. The molecule has 0 radical (unpaired) electrons. The number of ether oxygens (including phenoxy) is 1. The molecule has 0 atom stereocenters. The maximum atomic E-state index is 13.1. The maximum Gasteiger partial charge on any atom is 0.317 e. The fraction of sp³-hybridized carbons (Fsp3) is 0.538. The Morgan fingerprint density at radius 2 is 1.83 bits per heavy atom. The van der Waals surface area contributed by atoms with Crippen LogP contribution < -0.4 is 15.0 Å². The highest BCUT2D eigenvalue weighted by Crippen LogP contribution is 2.22. The monoisotopic (exact) mass is 482 g/mol. The van der Waals surface area contributed by atoms with Crippen LogP contribution in [0.4, 0.5) is 10.6 Å². The smallest absolute Gasteiger partial charge is 0.317 e. The third-order valence-electron chi connectivity index (χ3n) is 6.13. The summed E-state index contributed by atoms with van der Waals surface area (Å²) in [5.74, 6) is 2.06. The van der Waals surface area contributed by atoms with Crippen molar-refractivity contribution in [3.8, 4) is 17.0 Å². The molecule has 1 fully saturated rings. The molecule has 0 bridgehead atoms. The number of hydrogen-bond donors (Lipinski definition) is 1. The van der Waals surface area contributed by atoms with Gasteiger partial charge in [-0.25, -0.2) is 4.79 Å². The first-order valence-corrected chi connectivity index (χ1v) is 12.4. The molecule has 0 aliphatic carbocycles. The van der Waals surface area contributed by atoms with E-state index in [0.29, 0.717) is 38.6 Å². The molecular formula is C26H38N6O3. The van der Waals surface area contributed by atoms with Gasteiger partial charge in [0.1, 0.15) is 12.3 Å². The molecule has 35 heavy (non-hydrogen) atoms. The van der Waals surface area contributed by atoms with Gasteiger partial charge in [0.25, 0.3) is 0 Å². The molecule has 3 amide bonds. The summed E-state index contributed by atoms with van der Waals surface area (Å²) < 4.78 is 5.21. The topological polar surface area (TPSA) is 90.9 Å². The normalized spacial score (nSPS) is 14.0. The second-order valence-corrected chi connectivity index (χ2v) is 9.17. The number of nitrogens with one attached hydrogen (secondary N) is 1. The van der Waals surface area contributed by atoms with Crippen molar-refractivity contribution >= 4 is 17.8 Å². The molecule has 1 N–H and O–H groups in total. The van der Waals surface area contributed by atoms with Gasteiger partial charge >= 0.3 is 6.03 Å². The predicted octanol–water partition coefficient (Wildman–Crippen LogP) is 3.27. The number of amides is 3. The van der Waals surface area contributed by atoms with Crippen LogP contribution in [0.5, 0.6) is 5.75 Å². The van der Waals surface area contributed by atoms with Crippen molar-refractivity contribution in [3.63, 3.8) is 0 Å². The van der Waals surface area contributed by atoms with Gasteiger partial charge in [-0.1, -0.05) is 13.8 Å². The van der Waals surface area contributed by atoms with E-state index in [1.54, 1.807) is 12.0 Å². The fourth-order valence-electron chi connectivity index (χ4n) is 4.00. The molecule has 2 heterocycles. The molecular weight excluding hydrogens is 444 g/mol. The van der Waals surface area contributed by atoms with Crippen molar-refractivity contribution in [2.45, 2.75) is 33.6 Å². The molecule has 3 rings (SSSR count). The van der Waals surface area contributed by atoms with E-state index in [1.165, 1.54) is 0 Å². The maximum absolute atomic E-state index is 13.1. The molecule has 9 nitrogen and oxygen atoms in total. The molecule has 1 aromatic carbocycles. The summed E-state index contributed by atoms with van der Waals surface area (Å²) in [4.78, 5) is 31.2. The van der Waals surface area contributed by atoms with Crippen molar-refractivity contribution in [1.29, 1.82) is 0 Å². The van der Waals surface area contributed by atoms with Crippen LogP contribution in [-0.2, 0) is 4.79 Å². The molecule has 1 aliphatic rings. The lowest BCUT2D eigenvalue weighted by atomic mass is 10.1. The largest absolute Gasteiger partial charge is 0.497 e. The molecule has 0 spiro atoms. The van der Waals surface area contributed by atoms with E-state index in [4.69, 9.17) is 4.74 Å². The third kappa shape index (κ3) is 7.56. The lowest BCUT2D eigenvalue weighted by Crippen LogP contribution is -2.48. The lowest BCUT2D eigenvalue weighted by molar-refractivity contribution is -0.131. The number of hydrogen-bond acceptors (Lipinski definition) is 6. The van der Waals surface area contributed by atoms with Gasteiger partial charge in [0.2, 0.25) is 5.91 Å². The Bertz CT molecular complexity index is 949. The third-order valence-corrected chi connectivity index (χ3v) is 6.13. The zero-order valence-corrected chi connectivity index (χ0v) is 21.4. The summed E-state index contributed by atoms with van der Waals surface area (Å²) in [6.45, 7) is 10.1. The van der Waals surface area contributed by atoms with E-state index in [1.807, 2.05) is 48.2 Å². The van der Waals surface area contributed by atoms with E-state index in [0.717, 1.165) is 42.2 Å². The number of benzene rings is 1. The van der Waals surface area contributed by atoms with Gasteiger partial charge in [-0.05, 0) is 62.1 Å². The minimum Gasteiger partial charge on any atom is -0.497 e. The first-order chi connectivity index (χ1) is 16.9. The summed E-state index contributed by atoms with van der Waals surface area (Å²) in [5, 5.41) is 11.7. The van der Waals surface area contributed by atoms with E-state index in [2.05, 4.69) is 34.3 Å². The van der Waals surface area contributed by atoms with Crippen LogP contribution in [-0.4, -0.2) is 84.9 Å². The molecule has 9 heteroatoms. The summed E-state index contributed by atoms with van der Waals surface area (Å²) in [7, 11) is 1.64. The first kappa shape index (κ1) is 26.2. The number of carbonyl (C=O) groups is 2.